The van der Waals surface area contributed by atoms with Gasteiger partial charge in [-0.3, -0.25) is 102 Å². The van der Waals surface area contributed by atoms with Crippen molar-refractivity contribution in [3.05, 3.63) is 184 Å². The highest BCUT2D eigenvalue weighted by Gasteiger charge is 2.48. The summed E-state index contributed by atoms with van der Waals surface area (Å²) in [4.78, 5) is 186. The van der Waals surface area contributed by atoms with Crippen LogP contribution in [0.25, 0.3) is 10.0 Å². The van der Waals surface area contributed by atoms with Gasteiger partial charge in [-0.05, 0) is 126 Å². The monoisotopic (exact) mass is 1660 g/mol. The van der Waals surface area contributed by atoms with Crippen LogP contribution in [0.4, 0.5) is 0 Å². The van der Waals surface area contributed by atoms with Crippen LogP contribution in [0.5, 0.6) is 11.5 Å². The number of nitrogens with one attached hydrogen (secondary N) is 4. The summed E-state index contributed by atoms with van der Waals surface area (Å²) in [7, 11) is 1.32. The number of carbonyl (C=O) groups excluding carboxylic acids is 13. The number of imide groups is 4. The van der Waals surface area contributed by atoms with Gasteiger partial charge in [0.15, 0.2) is 30.6 Å². The smallest absolute Gasteiger partial charge is 0.346 e. The van der Waals surface area contributed by atoms with E-state index in [1.807, 2.05) is 40.3 Å². The van der Waals surface area contributed by atoms with Crippen LogP contribution in [0.3, 0.4) is 0 Å². The number of hydrogen-bond donors (Lipinski definition) is 5. The number of aromatic carboxylic acids is 1. The van der Waals surface area contributed by atoms with E-state index < -0.39 is 95.9 Å². The number of fused-ring (bicyclic) bond motifs is 8. The van der Waals surface area contributed by atoms with Crippen LogP contribution in [0, 0.1) is 27.7 Å². The van der Waals surface area contributed by atoms with E-state index in [2.05, 4.69) is 48.6 Å². The summed E-state index contributed by atoms with van der Waals surface area (Å²) in [5.74, 6) is -4.93. The van der Waals surface area contributed by atoms with Crippen molar-refractivity contribution in [1.82, 2.24) is 60.6 Å². The van der Waals surface area contributed by atoms with Crippen LogP contribution < -0.4 is 30.7 Å². The molecule has 2 unspecified atom stereocenters. The number of carboxylic acids is 1. The number of Topliss-reactive ketones (excluding diaryl/α,β-unsaturated/α-hetero) is 2. The third kappa shape index (κ3) is 17.6. The van der Waals surface area contributed by atoms with E-state index in [1.54, 1.807) is 51.1 Å². The van der Waals surface area contributed by atoms with Crippen molar-refractivity contribution in [1.29, 1.82) is 0 Å². The minimum Gasteiger partial charge on any atom is -0.483 e. The number of aromatic nitrogens is 6. The number of methoxy groups -OCH3 is 1. The van der Waals surface area contributed by atoms with Gasteiger partial charge in [-0.15, -0.1) is 43.1 Å². The molecule has 2 fully saturated rings. The van der Waals surface area contributed by atoms with Crippen molar-refractivity contribution >= 4 is 140 Å². The fourth-order valence-corrected chi connectivity index (χ4v) is 16.9. The van der Waals surface area contributed by atoms with Crippen molar-refractivity contribution in [2.24, 2.45) is 9.98 Å². The number of ether oxygens (including phenoxy) is 3. The molecule has 36 heteroatoms. The van der Waals surface area contributed by atoms with Crippen LogP contribution in [-0.2, 0) is 43.1 Å². The van der Waals surface area contributed by atoms with Gasteiger partial charge in [0.05, 0.1) is 52.1 Å². The van der Waals surface area contributed by atoms with E-state index in [9.17, 15) is 72.2 Å². The summed E-state index contributed by atoms with van der Waals surface area (Å²) in [6.07, 6.45) is 5.27. The van der Waals surface area contributed by atoms with Crippen LogP contribution in [0.2, 0.25) is 10.0 Å². The molecule has 4 aromatic carbocycles. The Bertz CT molecular complexity index is 5430. The van der Waals surface area contributed by atoms with Gasteiger partial charge in [-0.25, -0.2) is 4.79 Å². The van der Waals surface area contributed by atoms with E-state index in [1.165, 1.54) is 55.7 Å². The number of piperidine rings is 2. The summed E-state index contributed by atoms with van der Waals surface area (Å²) >= 11 is 14.8. The first-order chi connectivity index (χ1) is 55.6. The number of benzene rings is 4. The maximum absolute atomic E-state index is 13.7. The zero-order valence-corrected chi connectivity index (χ0v) is 67.0. The Morgan fingerprint density at radius 1 is 0.552 bits per heavy atom. The predicted molar refractivity (Wildman–Crippen MR) is 422 cm³/mol. The van der Waals surface area contributed by atoms with Crippen molar-refractivity contribution < 1.29 is 86.4 Å². The Morgan fingerprint density at radius 3 is 1.42 bits per heavy atom. The van der Waals surface area contributed by atoms with Crippen molar-refractivity contribution in [3.8, 4) is 21.5 Å². The third-order valence-electron chi connectivity index (χ3n) is 19.8. The molecule has 6 aliphatic heterocycles. The Hall–Kier alpha value is -12.1. The molecule has 2 saturated heterocycles. The molecule has 10 heterocycles. The second-order valence-electron chi connectivity index (χ2n) is 27.8. The molecule has 8 aromatic rings. The second-order valence-corrected chi connectivity index (χ2v) is 30.7. The van der Waals surface area contributed by atoms with Crippen LogP contribution in [0.15, 0.2) is 94.9 Å². The van der Waals surface area contributed by atoms with Gasteiger partial charge >= 0.3 is 11.9 Å². The summed E-state index contributed by atoms with van der Waals surface area (Å²) in [5, 5.41) is 39.2. The van der Waals surface area contributed by atoms with E-state index in [0.717, 1.165) is 67.7 Å². The highest BCUT2D eigenvalue weighted by molar-refractivity contribution is 7.17. The molecule has 6 aliphatic rings. The van der Waals surface area contributed by atoms with Crippen molar-refractivity contribution in [2.75, 3.05) is 33.4 Å². The molecule has 0 aliphatic carbocycles. The number of halogens is 2. The molecular formula is C80H78Cl2N14O18S2. The number of carboxylic acid groups (broad SMARTS) is 1. The molecule has 116 heavy (non-hydrogen) atoms. The fourth-order valence-electron chi connectivity index (χ4n) is 14.2. The van der Waals surface area contributed by atoms with Gasteiger partial charge < -0.3 is 30.0 Å². The van der Waals surface area contributed by atoms with E-state index in [4.69, 9.17) is 47.4 Å². The summed E-state index contributed by atoms with van der Waals surface area (Å²) in [6, 6.07) is 20.0. The van der Waals surface area contributed by atoms with E-state index in [0.29, 0.717) is 98.1 Å². The number of esters is 1. The standard InChI is InChI=1S/C40H38ClN7O9S.C20H17ClN4O3S.C20H23N3O6/c1-20-32-34(22-11-13-23(41)14-12-22)43-25(18-31(52)56-3)36-46-45-21(2)47(36)40(32)58-35(20)27(49)9-5-4-6-17-42-30(51)19-57-28-10-7-8-24-33(28)39(55)48(38(24)54)26-15-16-29(50)44-37(26)53;1-9(26)8-14-18-24-23-11(3)25(18)19-15(10(2)17(29-19)20(27)28)16(22-14)12-4-6-13(21)7-5-12;1-2-3-4-10-21-16(25)11-29-14-7-5-6-12-17(14)20(28)23(19(12)27)13-8-9-15(24)22-18(13)26/h7-8,10-14,25-26H,4-6,9,15-19H2,1-3H3,(H,42,51)(H,44,50,53);4-7,14H,8H2,1-3H3,(H,27,28);5-7,13H,2-4,8-11H2,1H3,(H,21,25)(H,22,24,26)/t25-,26?;14-;/m01./s1. The number of hydrogen-bond acceptors (Lipinski definition) is 25. The number of nitrogens with zero attached hydrogens (tertiary/aromatic N) is 10. The number of aryl methyl sites for hydroxylation is 2. The number of amides is 10. The lowest BCUT2D eigenvalue weighted by atomic mass is 9.98. The van der Waals surface area contributed by atoms with Crippen LogP contribution in [-0.4, -0.2) is 184 Å². The molecule has 5 N–H and O–H groups in total. The largest absolute Gasteiger partial charge is 0.483 e. The van der Waals surface area contributed by atoms with Crippen molar-refractivity contribution in [2.45, 2.75) is 149 Å². The lowest BCUT2D eigenvalue weighted by molar-refractivity contribution is -0.141. The van der Waals surface area contributed by atoms with Gasteiger partial charge in [0.1, 0.15) is 68.0 Å². The molecular weight excluding hydrogens is 1580 g/mol. The lowest BCUT2D eigenvalue weighted by Gasteiger charge is -2.27. The highest BCUT2D eigenvalue weighted by atomic mass is 35.5. The number of thiophene rings is 2. The SMILES string of the molecule is CC(=O)C[C@H]1N=C(c2ccc(Cl)cc2)c2c(sc(C(=O)O)c2C)-n2c(C)nnc21.CCCCCNC(=O)COc1cccc2c1C(=O)N(C1CCC(=O)NC1=O)C2=O.COC(=O)C[C@@H]1N=C(c2ccc(Cl)cc2)c2c(sc(C(=O)CCCCCNC(=O)COc3cccc4c3C(=O)N(C3CCC(=O)NC3=O)C4=O)c2C)-n2c(C)nnc21. The average Bonchev–Trinajstić information content (AvgIpc) is 1.55. The summed E-state index contributed by atoms with van der Waals surface area (Å²) in [5.41, 5.74) is 5.75. The topological polar surface area (TPSA) is 428 Å². The Labute approximate surface area is 680 Å². The lowest BCUT2D eigenvalue weighted by Crippen LogP contribution is -2.54. The average molecular weight is 1660 g/mol. The molecule has 10 amide bonds. The minimum absolute atomic E-state index is 0.00433. The van der Waals surface area contributed by atoms with Crippen LogP contribution in [0.1, 0.15) is 227 Å². The van der Waals surface area contributed by atoms with Gasteiger partial charge in [-0.1, -0.05) is 85.8 Å². The second kappa shape index (κ2) is 36.1. The first-order valence-electron chi connectivity index (χ1n) is 37.2. The Kier molecular flexibility index (Phi) is 25.9. The predicted octanol–water partition coefficient (Wildman–Crippen LogP) is 9.34. The first kappa shape index (κ1) is 83.3. The van der Waals surface area contributed by atoms with E-state index >= 15 is 0 Å². The normalized spacial score (nSPS) is 17.0. The molecule has 0 bridgehead atoms. The number of rotatable bonds is 26. The maximum atomic E-state index is 13.7. The number of aliphatic imine (C=N–C) groups is 2. The molecule has 4 atom stereocenters. The number of ketones is 2. The third-order valence-corrected chi connectivity index (χ3v) is 22.9. The molecule has 602 valence electrons. The summed E-state index contributed by atoms with van der Waals surface area (Å²) < 4.78 is 19.8. The Balaban J connectivity index is 0.000000179. The molecule has 4 aromatic heterocycles. The molecule has 0 spiro atoms. The minimum atomic E-state index is -1.12. The van der Waals surface area contributed by atoms with Gasteiger partial charge in [0, 0.05) is 71.1 Å². The van der Waals surface area contributed by atoms with Gasteiger partial charge in [-0.2, -0.15) is 0 Å². The fraction of sp³-hybridized carbons (Fsp3) is 0.350. The molecule has 0 saturated carbocycles. The van der Waals surface area contributed by atoms with Crippen molar-refractivity contribution in [3.63, 3.8) is 0 Å². The zero-order valence-electron chi connectivity index (χ0n) is 63.8. The number of carbonyl (C=O) groups is 14. The van der Waals surface area contributed by atoms with Gasteiger partial charge in [0.25, 0.3) is 35.4 Å². The molecule has 14 rings (SSSR count). The highest BCUT2D eigenvalue weighted by Crippen LogP contribution is 2.44. The number of unbranched alkanes of at least 4 members (excludes halogenated alkanes) is 4. The van der Waals surface area contributed by atoms with E-state index in [-0.39, 0.29) is 108 Å². The molecule has 0 radical (unpaired) electrons. The zero-order chi connectivity index (χ0) is 83.1. The van der Waals surface area contributed by atoms with Gasteiger partial charge in [0.2, 0.25) is 23.6 Å². The quantitative estimate of drug-likeness (QED) is 0.0146. The summed E-state index contributed by atoms with van der Waals surface area (Å²) in [6.45, 7) is 11.0. The van der Waals surface area contributed by atoms with Crippen LogP contribution >= 0.6 is 45.9 Å². The molecule has 32 nitrogen and oxygen atoms in total. The first-order valence-corrected chi connectivity index (χ1v) is 39.6. The Morgan fingerprint density at radius 2 is 0.991 bits per heavy atom. The maximum Gasteiger partial charge on any atom is 0.346 e.